The summed E-state index contributed by atoms with van der Waals surface area (Å²) in [7, 11) is 0. The summed E-state index contributed by atoms with van der Waals surface area (Å²) in [6.07, 6.45) is 0. The van der Waals surface area contributed by atoms with Crippen molar-refractivity contribution in [1.29, 1.82) is 0 Å². The first-order valence-corrected chi connectivity index (χ1v) is 5.11. The van der Waals surface area contributed by atoms with Crippen molar-refractivity contribution in [3.8, 4) is 0 Å². The van der Waals surface area contributed by atoms with Crippen LogP contribution >= 0.6 is 31.9 Å². The number of benzene rings is 1. The first-order valence-electron chi connectivity index (χ1n) is 3.40. The maximum Gasteiger partial charge on any atom is 0.235 e. The van der Waals surface area contributed by atoms with Gasteiger partial charge in [-0.05, 0) is 12.1 Å². The van der Waals surface area contributed by atoms with Crippen molar-refractivity contribution in [2.75, 3.05) is 0 Å². The molecule has 0 unspecified atom stereocenters. The highest BCUT2D eigenvalue weighted by molar-refractivity contribution is 9.10. The van der Waals surface area contributed by atoms with E-state index in [0.29, 0.717) is 4.47 Å². The Balaban J connectivity index is 3.08. The quantitative estimate of drug-likeness (QED) is 0.838. The first-order chi connectivity index (χ1) is 6.02. The van der Waals surface area contributed by atoms with E-state index in [2.05, 4.69) is 31.9 Å². The van der Waals surface area contributed by atoms with Crippen molar-refractivity contribution in [2.24, 2.45) is 5.73 Å². The maximum atomic E-state index is 13.2. The fourth-order valence-electron chi connectivity index (χ4n) is 0.860. The Labute approximate surface area is 91.6 Å². The summed E-state index contributed by atoms with van der Waals surface area (Å²) in [5, 5.41) is 0. The second kappa shape index (κ2) is 4.19. The molecule has 2 nitrogen and oxygen atoms in total. The minimum Gasteiger partial charge on any atom is -0.368 e. The molecule has 70 valence electrons. The van der Waals surface area contributed by atoms with E-state index in [0.717, 1.165) is 0 Å². The van der Waals surface area contributed by atoms with E-state index in [1.165, 1.54) is 12.1 Å². The maximum absolute atomic E-state index is 13.2. The van der Waals surface area contributed by atoms with Crippen LogP contribution in [0.3, 0.4) is 0 Å². The molecule has 5 heteroatoms. The lowest BCUT2D eigenvalue weighted by Gasteiger charge is -2.06. The van der Waals surface area contributed by atoms with Crippen molar-refractivity contribution in [1.82, 2.24) is 0 Å². The number of halogens is 3. The van der Waals surface area contributed by atoms with E-state index in [4.69, 9.17) is 5.73 Å². The van der Waals surface area contributed by atoms with Crippen LogP contribution in [0.25, 0.3) is 0 Å². The average molecular weight is 311 g/mol. The summed E-state index contributed by atoms with van der Waals surface area (Å²) >= 11 is 6.11. The van der Waals surface area contributed by atoms with Crippen LogP contribution in [0.4, 0.5) is 4.39 Å². The van der Waals surface area contributed by atoms with Gasteiger partial charge in [-0.3, -0.25) is 4.79 Å². The lowest BCUT2D eigenvalue weighted by atomic mass is 10.1. The van der Waals surface area contributed by atoms with Gasteiger partial charge in [0.05, 0.1) is 0 Å². The molecule has 0 spiro atoms. The number of hydrogen-bond acceptors (Lipinski definition) is 1. The number of hydrogen-bond donors (Lipinski definition) is 1. The van der Waals surface area contributed by atoms with Crippen LogP contribution < -0.4 is 5.73 Å². The zero-order valence-electron chi connectivity index (χ0n) is 6.43. The molecule has 1 atom stereocenters. The molecule has 13 heavy (non-hydrogen) atoms. The van der Waals surface area contributed by atoms with Gasteiger partial charge in [0.1, 0.15) is 10.6 Å². The molecule has 1 aromatic carbocycles. The van der Waals surface area contributed by atoms with Gasteiger partial charge in [0.15, 0.2) is 0 Å². The summed E-state index contributed by atoms with van der Waals surface area (Å²) < 4.78 is 13.8. The highest BCUT2D eigenvalue weighted by Gasteiger charge is 2.17. The van der Waals surface area contributed by atoms with Gasteiger partial charge >= 0.3 is 0 Å². The predicted molar refractivity (Wildman–Crippen MR) is 55.0 cm³/mol. The Morgan fingerprint density at radius 1 is 1.54 bits per heavy atom. The van der Waals surface area contributed by atoms with Gasteiger partial charge in [-0.25, -0.2) is 4.39 Å². The summed E-state index contributed by atoms with van der Waals surface area (Å²) in [5.74, 6) is -1.07. The molecule has 0 fully saturated rings. The fourth-order valence-corrected chi connectivity index (χ4v) is 1.56. The van der Waals surface area contributed by atoms with E-state index in [-0.39, 0.29) is 5.56 Å². The van der Waals surface area contributed by atoms with Crippen molar-refractivity contribution in [2.45, 2.75) is 4.83 Å². The molecule has 0 aromatic heterocycles. The van der Waals surface area contributed by atoms with Crippen molar-refractivity contribution >= 4 is 37.8 Å². The van der Waals surface area contributed by atoms with Gasteiger partial charge in [0.2, 0.25) is 5.91 Å². The molecule has 0 heterocycles. The molecule has 1 aromatic rings. The Kier molecular flexibility index (Phi) is 3.44. The van der Waals surface area contributed by atoms with Crippen LogP contribution in [0.2, 0.25) is 0 Å². The van der Waals surface area contributed by atoms with Gasteiger partial charge in [-0.1, -0.05) is 37.9 Å². The number of carbonyl (C=O) groups excluding carboxylic acids is 1. The third-order valence-corrected chi connectivity index (χ3v) is 2.92. The third-order valence-electron chi connectivity index (χ3n) is 1.49. The highest BCUT2D eigenvalue weighted by Crippen LogP contribution is 2.26. The van der Waals surface area contributed by atoms with E-state index in [1.807, 2.05) is 0 Å². The highest BCUT2D eigenvalue weighted by atomic mass is 79.9. The smallest absolute Gasteiger partial charge is 0.235 e. The number of rotatable bonds is 2. The van der Waals surface area contributed by atoms with E-state index in [1.54, 1.807) is 6.07 Å². The first kappa shape index (κ1) is 10.7. The van der Waals surface area contributed by atoms with Gasteiger partial charge in [-0.15, -0.1) is 0 Å². The van der Waals surface area contributed by atoms with Gasteiger partial charge in [-0.2, -0.15) is 0 Å². The van der Waals surface area contributed by atoms with E-state index < -0.39 is 16.6 Å². The molecule has 0 aliphatic heterocycles. The lowest BCUT2D eigenvalue weighted by Crippen LogP contribution is -2.17. The molecule has 0 aliphatic rings. The standard InChI is InChI=1S/C8H6Br2FNO/c9-4-1-2-5(6(11)3-4)7(10)8(12)13/h1-3,7H,(H2,12,13)/t7-/m0/s1. The molecule has 0 saturated carbocycles. The molecule has 2 N–H and O–H groups in total. The Morgan fingerprint density at radius 3 is 2.62 bits per heavy atom. The molecule has 0 aliphatic carbocycles. The van der Waals surface area contributed by atoms with E-state index >= 15 is 0 Å². The predicted octanol–water partition coefficient (Wildman–Crippen LogP) is 2.51. The zero-order valence-corrected chi connectivity index (χ0v) is 9.60. The minimum absolute atomic E-state index is 0.246. The van der Waals surface area contributed by atoms with Crippen LogP contribution in [0, 0.1) is 5.82 Å². The summed E-state index contributed by atoms with van der Waals surface area (Å²) in [4.78, 5) is 9.96. The Bertz CT molecular complexity index is 343. The molecule has 0 bridgehead atoms. The SMILES string of the molecule is NC(=O)[C@@H](Br)c1ccc(Br)cc1F. The Hall–Kier alpha value is -0.420. The van der Waals surface area contributed by atoms with Crippen molar-refractivity contribution in [3.63, 3.8) is 0 Å². The third kappa shape index (κ3) is 2.51. The normalized spacial score (nSPS) is 12.5. The zero-order chi connectivity index (χ0) is 10.0. The molecule has 1 amide bonds. The number of carbonyl (C=O) groups is 1. The van der Waals surface area contributed by atoms with Gasteiger partial charge in [0.25, 0.3) is 0 Å². The summed E-state index contributed by atoms with van der Waals surface area (Å²) in [5.41, 5.74) is 5.26. The van der Waals surface area contributed by atoms with Crippen LogP contribution in [-0.2, 0) is 4.79 Å². The van der Waals surface area contributed by atoms with Crippen LogP contribution in [-0.4, -0.2) is 5.91 Å². The van der Waals surface area contributed by atoms with Gasteiger partial charge in [0, 0.05) is 10.0 Å². The van der Waals surface area contributed by atoms with Crippen molar-refractivity contribution in [3.05, 3.63) is 34.1 Å². The van der Waals surface area contributed by atoms with Crippen molar-refractivity contribution < 1.29 is 9.18 Å². The Morgan fingerprint density at radius 2 is 2.15 bits per heavy atom. The van der Waals surface area contributed by atoms with Crippen LogP contribution in [0.15, 0.2) is 22.7 Å². The molecular weight excluding hydrogens is 305 g/mol. The van der Waals surface area contributed by atoms with Crippen LogP contribution in [0.1, 0.15) is 10.4 Å². The largest absolute Gasteiger partial charge is 0.368 e. The average Bonchev–Trinajstić information content (AvgIpc) is 2.03. The summed E-state index contributed by atoms with van der Waals surface area (Å²) in [6.45, 7) is 0. The topological polar surface area (TPSA) is 43.1 Å². The fraction of sp³-hybridized carbons (Fsp3) is 0.125. The lowest BCUT2D eigenvalue weighted by molar-refractivity contribution is -0.117. The molecule has 1 rings (SSSR count). The number of primary amides is 1. The van der Waals surface area contributed by atoms with E-state index in [9.17, 15) is 9.18 Å². The van der Waals surface area contributed by atoms with Gasteiger partial charge < -0.3 is 5.73 Å². The second-order valence-corrected chi connectivity index (χ2v) is 4.26. The molecular formula is C8H6Br2FNO. The second-order valence-electron chi connectivity index (χ2n) is 2.43. The monoisotopic (exact) mass is 309 g/mol. The number of alkyl halides is 1. The van der Waals surface area contributed by atoms with Crippen LogP contribution in [0.5, 0.6) is 0 Å². The molecule has 0 radical (unpaired) electrons. The number of nitrogens with two attached hydrogens (primary N) is 1. The minimum atomic E-state index is -0.777. The molecule has 0 saturated heterocycles. The summed E-state index contributed by atoms with van der Waals surface area (Å²) in [6, 6.07) is 4.44. The number of amides is 1.